The van der Waals surface area contributed by atoms with E-state index in [-0.39, 0.29) is 0 Å². The van der Waals surface area contributed by atoms with Gasteiger partial charge in [-0.1, -0.05) is 0 Å². The van der Waals surface area contributed by atoms with Gasteiger partial charge in [-0.05, 0) is 13.3 Å². The zero-order chi connectivity index (χ0) is 5.82. The molecule has 48 valence electrons. The molecule has 1 saturated heterocycles. The summed E-state index contributed by atoms with van der Waals surface area (Å²) in [6, 6.07) is 0. The number of ether oxygens (including phenoxy) is 2. The smallest absolute Gasteiger partial charge is 0.0780 e. The van der Waals surface area contributed by atoms with E-state index in [0.29, 0.717) is 6.10 Å². The molecule has 2 heteroatoms. The lowest BCUT2D eigenvalue weighted by Crippen LogP contribution is -2.11. The van der Waals surface area contributed by atoms with Gasteiger partial charge in [0.1, 0.15) is 0 Å². The first kappa shape index (κ1) is 6.05. The van der Waals surface area contributed by atoms with Gasteiger partial charge in [0.25, 0.3) is 0 Å². The summed E-state index contributed by atoms with van der Waals surface area (Å²) < 4.78 is 10.5. The highest BCUT2D eigenvalue weighted by molar-refractivity contribution is 4.50. The van der Waals surface area contributed by atoms with Crippen molar-refractivity contribution in [3.63, 3.8) is 0 Å². The minimum Gasteiger partial charge on any atom is -0.379 e. The molecule has 8 heavy (non-hydrogen) atoms. The van der Waals surface area contributed by atoms with Crippen molar-refractivity contribution in [2.45, 2.75) is 19.4 Å². The largest absolute Gasteiger partial charge is 0.379 e. The number of rotatable bonds is 0. The summed E-state index contributed by atoms with van der Waals surface area (Å²) in [5.74, 6) is 0. The van der Waals surface area contributed by atoms with Gasteiger partial charge >= 0.3 is 0 Å². The second-order valence-electron chi connectivity index (χ2n) is 2.11. The van der Waals surface area contributed by atoms with Crippen molar-refractivity contribution in [1.82, 2.24) is 0 Å². The maximum absolute atomic E-state index is 5.28. The molecule has 0 aliphatic carbocycles. The van der Waals surface area contributed by atoms with Crippen LogP contribution in [0.2, 0.25) is 0 Å². The van der Waals surface area contributed by atoms with E-state index in [4.69, 9.17) is 9.47 Å². The van der Waals surface area contributed by atoms with Gasteiger partial charge in [-0.3, -0.25) is 0 Å². The molecule has 1 unspecified atom stereocenters. The second-order valence-corrected chi connectivity index (χ2v) is 2.11. The molecule has 0 aromatic carbocycles. The van der Waals surface area contributed by atoms with Crippen molar-refractivity contribution in [1.29, 1.82) is 0 Å². The van der Waals surface area contributed by atoms with Crippen LogP contribution in [0.25, 0.3) is 0 Å². The average molecular weight is 116 g/mol. The van der Waals surface area contributed by atoms with Gasteiger partial charge in [-0.15, -0.1) is 0 Å². The molecule has 0 N–H and O–H groups in total. The van der Waals surface area contributed by atoms with E-state index < -0.39 is 0 Å². The fourth-order valence-corrected chi connectivity index (χ4v) is 0.743. The van der Waals surface area contributed by atoms with Crippen LogP contribution in [0.5, 0.6) is 0 Å². The highest BCUT2D eigenvalue weighted by Gasteiger charge is 2.05. The Bertz CT molecular complexity index is 55.5. The zero-order valence-electron chi connectivity index (χ0n) is 5.22. The van der Waals surface area contributed by atoms with Crippen LogP contribution in [0.4, 0.5) is 0 Å². The third-order valence-electron chi connectivity index (χ3n) is 1.19. The Balaban J connectivity index is 2.17. The molecule has 1 heterocycles. The van der Waals surface area contributed by atoms with Gasteiger partial charge < -0.3 is 9.47 Å². The first-order valence-electron chi connectivity index (χ1n) is 3.09. The molecular formula is C6H12O2. The van der Waals surface area contributed by atoms with Crippen molar-refractivity contribution in [2.24, 2.45) is 0 Å². The fraction of sp³-hybridized carbons (Fsp3) is 1.00. The summed E-state index contributed by atoms with van der Waals surface area (Å²) in [7, 11) is 0. The van der Waals surface area contributed by atoms with Crippen molar-refractivity contribution in [3.8, 4) is 0 Å². The molecule has 1 atom stereocenters. The summed E-state index contributed by atoms with van der Waals surface area (Å²) in [6.07, 6.45) is 1.35. The molecular weight excluding hydrogens is 104 g/mol. The summed E-state index contributed by atoms with van der Waals surface area (Å²) in [5.41, 5.74) is 0. The lowest BCUT2D eigenvalue weighted by molar-refractivity contribution is 0.0384. The molecule has 0 aromatic heterocycles. The maximum Gasteiger partial charge on any atom is 0.0780 e. The summed E-state index contributed by atoms with van der Waals surface area (Å²) in [6.45, 7) is 4.52. The topological polar surface area (TPSA) is 18.5 Å². The second kappa shape index (κ2) is 3.05. The van der Waals surface area contributed by atoms with Crippen LogP contribution in [0.1, 0.15) is 13.3 Å². The first-order valence-corrected chi connectivity index (χ1v) is 3.09. The first-order chi connectivity index (χ1) is 3.89. The van der Waals surface area contributed by atoms with Gasteiger partial charge in [0.2, 0.25) is 0 Å². The Hall–Kier alpha value is -0.0800. The van der Waals surface area contributed by atoms with Crippen LogP contribution in [0.3, 0.4) is 0 Å². The van der Waals surface area contributed by atoms with Crippen molar-refractivity contribution in [2.75, 3.05) is 19.8 Å². The number of hydrogen-bond acceptors (Lipinski definition) is 2. The van der Waals surface area contributed by atoms with E-state index in [1.54, 1.807) is 0 Å². The molecule has 2 nitrogen and oxygen atoms in total. The molecule has 0 amide bonds. The number of hydrogen-bond donors (Lipinski definition) is 0. The Labute approximate surface area is 49.8 Å². The fourth-order valence-electron chi connectivity index (χ4n) is 0.743. The maximum atomic E-state index is 5.28. The zero-order valence-corrected chi connectivity index (χ0v) is 5.22. The van der Waals surface area contributed by atoms with Crippen LogP contribution >= 0.6 is 0 Å². The Morgan fingerprint density at radius 1 is 1.38 bits per heavy atom. The van der Waals surface area contributed by atoms with E-state index in [1.165, 1.54) is 0 Å². The summed E-state index contributed by atoms with van der Waals surface area (Å²) in [5, 5.41) is 0. The molecule has 0 saturated carbocycles. The molecule has 1 aliphatic heterocycles. The molecule has 0 aromatic rings. The molecule has 0 radical (unpaired) electrons. The molecule has 0 bridgehead atoms. The van der Waals surface area contributed by atoms with Gasteiger partial charge in [0.05, 0.1) is 12.7 Å². The molecule has 1 aliphatic rings. The van der Waals surface area contributed by atoms with Gasteiger partial charge in [0, 0.05) is 13.2 Å². The van der Waals surface area contributed by atoms with E-state index >= 15 is 0 Å². The molecule has 1 fully saturated rings. The van der Waals surface area contributed by atoms with E-state index in [0.717, 1.165) is 26.2 Å². The third kappa shape index (κ3) is 1.80. The van der Waals surface area contributed by atoms with Crippen LogP contribution < -0.4 is 0 Å². The predicted octanol–water partition coefficient (Wildman–Crippen LogP) is 0.812. The van der Waals surface area contributed by atoms with Gasteiger partial charge in [-0.25, -0.2) is 0 Å². The van der Waals surface area contributed by atoms with Crippen molar-refractivity contribution in [3.05, 3.63) is 0 Å². The lowest BCUT2D eigenvalue weighted by atomic mass is 10.4. The molecule has 0 spiro atoms. The monoisotopic (exact) mass is 116 g/mol. The van der Waals surface area contributed by atoms with E-state index in [9.17, 15) is 0 Å². The van der Waals surface area contributed by atoms with E-state index in [1.807, 2.05) is 6.92 Å². The van der Waals surface area contributed by atoms with Crippen molar-refractivity contribution >= 4 is 0 Å². The summed E-state index contributed by atoms with van der Waals surface area (Å²) >= 11 is 0. The normalized spacial score (nSPS) is 31.9. The third-order valence-corrected chi connectivity index (χ3v) is 1.19. The van der Waals surface area contributed by atoms with Gasteiger partial charge in [0.15, 0.2) is 0 Å². The van der Waals surface area contributed by atoms with Crippen molar-refractivity contribution < 1.29 is 9.47 Å². The van der Waals surface area contributed by atoms with Crippen LogP contribution in [0, 0.1) is 0 Å². The predicted molar refractivity (Wildman–Crippen MR) is 30.8 cm³/mol. The average Bonchev–Trinajstić information content (AvgIpc) is 1.94. The minimum absolute atomic E-state index is 0.303. The standard InChI is InChI=1S/C6H12O2/c1-6-5-7-3-2-4-8-6/h6H,2-5H2,1H3. The summed E-state index contributed by atoms with van der Waals surface area (Å²) in [4.78, 5) is 0. The van der Waals surface area contributed by atoms with Gasteiger partial charge in [-0.2, -0.15) is 0 Å². The SMILES string of the molecule is CC1COCCCO1. The lowest BCUT2D eigenvalue weighted by Gasteiger charge is -2.05. The van der Waals surface area contributed by atoms with Crippen LogP contribution in [-0.2, 0) is 9.47 Å². The minimum atomic E-state index is 0.303. The highest BCUT2D eigenvalue weighted by atomic mass is 16.5. The van der Waals surface area contributed by atoms with Crippen LogP contribution in [0.15, 0.2) is 0 Å². The quantitative estimate of drug-likeness (QED) is 0.466. The van der Waals surface area contributed by atoms with Crippen LogP contribution in [-0.4, -0.2) is 25.9 Å². The Morgan fingerprint density at radius 2 is 2.25 bits per heavy atom. The Kier molecular flexibility index (Phi) is 2.30. The Morgan fingerprint density at radius 3 is 3.12 bits per heavy atom. The van der Waals surface area contributed by atoms with E-state index in [2.05, 4.69) is 0 Å². The highest BCUT2D eigenvalue weighted by Crippen LogP contribution is 1.99. The molecule has 1 rings (SSSR count).